The third kappa shape index (κ3) is 11.8. The normalized spacial score (nSPS) is 10.6. The average molecular weight is 588 g/mol. The molecule has 4 nitrogen and oxygen atoms in total. The number of carbonyl (C=O) groups excluding carboxylic acids is 1. The predicted octanol–water partition coefficient (Wildman–Crippen LogP) is 4.94. The molecule has 0 fully saturated rings. The fraction of sp³-hybridized carbons (Fsp3) is 0.484. The molecule has 0 aliphatic heterocycles. The van der Waals surface area contributed by atoms with Crippen LogP contribution in [0.15, 0.2) is 65.6 Å². The van der Waals surface area contributed by atoms with Crippen LogP contribution in [-0.4, -0.2) is 12.5 Å². The maximum atomic E-state index is 12.5. The summed E-state index contributed by atoms with van der Waals surface area (Å²) in [5.74, 6) is 0.918. The number of halogens is 1. The number of amides is 1. The van der Waals surface area contributed by atoms with E-state index in [0.717, 1.165) is 36.6 Å². The number of carbonyl (C=O) groups is 1. The van der Waals surface area contributed by atoms with E-state index in [1.807, 2.05) is 29.2 Å². The van der Waals surface area contributed by atoms with Crippen molar-refractivity contribution in [2.45, 2.75) is 91.1 Å². The van der Waals surface area contributed by atoms with Gasteiger partial charge in [-0.05, 0) is 36.2 Å². The molecule has 1 aromatic heterocycles. The second-order valence-electron chi connectivity index (χ2n) is 9.65. The van der Waals surface area contributed by atoms with Gasteiger partial charge in [0.15, 0.2) is 12.7 Å². The summed E-state index contributed by atoms with van der Waals surface area (Å²) >= 11 is 1.69. The number of ether oxygens (including phenoxy) is 1. The molecule has 0 aliphatic rings. The highest BCUT2D eigenvalue weighted by Gasteiger charge is 2.13. The number of hydrogen-bond acceptors (Lipinski definition) is 3. The van der Waals surface area contributed by atoms with Crippen LogP contribution in [-0.2, 0) is 17.9 Å². The van der Waals surface area contributed by atoms with E-state index in [2.05, 4.69) is 52.8 Å². The first-order chi connectivity index (χ1) is 17.7. The lowest BCUT2D eigenvalue weighted by Gasteiger charge is -2.22. The Bertz CT molecular complexity index is 1010. The zero-order valence-corrected chi connectivity index (χ0v) is 24.9. The largest absolute Gasteiger partial charge is 1.00 e. The third-order valence-corrected chi connectivity index (χ3v) is 7.20. The molecule has 0 atom stereocenters. The van der Waals surface area contributed by atoms with Crippen molar-refractivity contribution >= 4 is 22.9 Å². The van der Waals surface area contributed by atoms with Gasteiger partial charge in [-0.25, -0.2) is 0 Å². The Morgan fingerprint density at radius 1 is 0.892 bits per heavy atom. The van der Waals surface area contributed by atoms with E-state index in [1.54, 1.807) is 18.3 Å². The molecule has 1 heterocycles. The predicted molar refractivity (Wildman–Crippen MR) is 151 cm³/mol. The minimum Gasteiger partial charge on any atom is -1.00 e. The van der Waals surface area contributed by atoms with E-state index in [0.29, 0.717) is 6.54 Å². The third-order valence-electron chi connectivity index (χ3n) is 6.53. The van der Waals surface area contributed by atoms with E-state index < -0.39 is 0 Å². The number of thiazole rings is 1. The van der Waals surface area contributed by atoms with Gasteiger partial charge >= 0.3 is 0 Å². The lowest BCUT2D eigenvalue weighted by Crippen LogP contribution is -3.00. The van der Waals surface area contributed by atoms with E-state index >= 15 is 0 Å². The Kier molecular flexibility index (Phi) is 15.2. The number of nitrogens with zero attached hydrogens (tertiary/aromatic N) is 2. The van der Waals surface area contributed by atoms with Crippen molar-refractivity contribution in [2.24, 2.45) is 0 Å². The summed E-state index contributed by atoms with van der Waals surface area (Å²) in [7, 11) is 0. The van der Waals surface area contributed by atoms with Gasteiger partial charge in [0.25, 0.3) is 0 Å². The van der Waals surface area contributed by atoms with E-state index in [4.69, 9.17) is 4.74 Å². The molecule has 3 aromatic rings. The second-order valence-corrected chi connectivity index (χ2v) is 10.4. The summed E-state index contributed by atoms with van der Waals surface area (Å²) in [6.07, 6.45) is 15.3. The highest BCUT2D eigenvalue weighted by Crippen LogP contribution is 2.21. The van der Waals surface area contributed by atoms with Crippen LogP contribution in [0.4, 0.5) is 5.69 Å². The molecule has 202 valence electrons. The van der Waals surface area contributed by atoms with Crippen molar-refractivity contribution in [1.82, 2.24) is 0 Å². The highest BCUT2D eigenvalue weighted by atomic mass is 79.9. The maximum Gasteiger partial charge on any atom is 0.224 e. The van der Waals surface area contributed by atoms with Gasteiger partial charge in [0, 0.05) is 18.2 Å². The van der Waals surface area contributed by atoms with Crippen LogP contribution >= 0.6 is 11.3 Å². The molecule has 3 rings (SSSR count). The van der Waals surface area contributed by atoms with Gasteiger partial charge in [-0.1, -0.05) is 100 Å². The van der Waals surface area contributed by atoms with Crippen LogP contribution < -0.4 is 31.2 Å². The highest BCUT2D eigenvalue weighted by molar-refractivity contribution is 7.07. The lowest BCUT2D eigenvalue weighted by atomic mass is 10.1. The summed E-state index contributed by atoms with van der Waals surface area (Å²) < 4.78 is 8.18. The summed E-state index contributed by atoms with van der Waals surface area (Å²) in [4.78, 5) is 14.3. The zero-order valence-electron chi connectivity index (χ0n) is 22.5. The molecule has 2 aromatic carbocycles. The molecule has 6 heteroatoms. The Morgan fingerprint density at radius 2 is 1.57 bits per heavy atom. The van der Waals surface area contributed by atoms with Crippen molar-refractivity contribution in [3.63, 3.8) is 0 Å². The van der Waals surface area contributed by atoms with Gasteiger partial charge in [-0.15, -0.1) is 0 Å². The average Bonchev–Trinajstić information content (AvgIpc) is 3.40. The summed E-state index contributed by atoms with van der Waals surface area (Å²) in [5.41, 5.74) is 5.30. The Morgan fingerprint density at radius 3 is 2.19 bits per heavy atom. The molecule has 37 heavy (non-hydrogen) atoms. The minimum absolute atomic E-state index is 0. The van der Waals surface area contributed by atoms with E-state index in [9.17, 15) is 4.79 Å². The van der Waals surface area contributed by atoms with Gasteiger partial charge < -0.3 is 26.6 Å². The number of benzene rings is 2. The molecule has 0 saturated heterocycles. The smallest absolute Gasteiger partial charge is 0.224 e. The Balaban J connectivity index is 0.00000481. The van der Waals surface area contributed by atoms with Gasteiger partial charge in [-0.3, -0.25) is 4.79 Å². The molecule has 1 amide bonds. The molecule has 0 aliphatic carbocycles. The molecule has 0 bridgehead atoms. The van der Waals surface area contributed by atoms with Crippen LogP contribution in [0.3, 0.4) is 0 Å². The summed E-state index contributed by atoms with van der Waals surface area (Å²) in [6, 6.07) is 16.4. The monoisotopic (exact) mass is 586 g/mol. The maximum absolute atomic E-state index is 12.5. The van der Waals surface area contributed by atoms with Crippen molar-refractivity contribution in [1.29, 1.82) is 0 Å². The van der Waals surface area contributed by atoms with Gasteiger partial charge in [-0.2, -0.15) is 4.57 Å². The molecular weight excluding hydrogens is 544 g/mol. The van der Waals surface area contributed by atoms with E-state index in [-0.39, 0.29) is 22.9 Å². The molecule has 0 radical (unpaired) electrons. The van der Waals surface area contributed by atoms with Crippen LogP contribution in [0, 0.1) is 0 Å². The number of unbranched alkanes of at least 4 members (excludes halogenated alkanes) is 9. The number of anilines is 1. The number of hydrogen-bond donors (Lipinski definition) is 0. The SMILES string of the molecule is CCCCCCCCCCCCOc1cccc(CN(C(C)=O)c2ccc(C[n+]3ccsc3)cc2)c1.[Br-]. The van der Waals surface area contributed by atoms with Gasteiger partial charge in [0.1, 0.15) is 5.75 Å². The Hall–Kier alpha value is -2.18. The first-order valence-electron chi connectivity index (χ1n) is 13.7. The second kappa shape index (κ2) is 18.1. The lowest BCUT2D eigenvalue weighted by molar-refractivity contribution is -0.683. The molecular formula is C31H43BrN2O2S. The first-order valence-corrected chi connectivity index (χ1v) is 14.6. The van der Waals surface area contributed by atoms with Crippen LogP contribution in [0.2, 0.25) is 0 Å². The topological polar surface area (TPSA) is 33.4 Å². The zero-order chi connectivity index (χ0) is 25.4. The van der Waals surface area contributed by atoms with Gasteiger partial charge in [0.05, 0.1) is 18.5 Å². The van der Waals surface area contributed by atoms with Crippen LogP contribution in [0.1, 0.15) is 89.2 Å². The molecule has 0 N–H and O–H groups in total. The summed E-state index contributed by atoms with van der Waals surface area (Å²) in [5, 5.41) is 2.07. The van der Waals surface area contributed by atoms with Crippen molar-refractivity contribution in [3.05, 3.63) is 76.7 Å². The van der Waals surface area contributed by atoms with Crippen molar-refractivity contribution < 1.29 is 31.1 Å². The van der Waals surface area contributed by atoms with Crippen LogP contribution in [0.25, 0.3) is 0 Å². The fourth-order valence-electron chi connectivity index (χ4n) is 4.42. The fourth-order valence-corrected chi connectivity index (χ4v) is 5.02. The quantitative estimate of drug-likeness (QED) is 0.166. The van der Waals surface area contributed by atoms with Crippen molar-refractivity contribution in [2.75, 3.05) is 11.5 Å². The molecule has 0 saturated carbocycles. The Labute approximate surface area is 238 Å². The first kappa shape index (κ1) is 31.0. The van der Waals surface area contributed by atoms with E-state index in [1.165, 1.54) is 63.4 Å². The molecule has 0 spiro atoms. The number of rotatable bonds is 17. The van der Waals surface area contributed by atoms with Crippen LogP contribution in [0.5, 0.6) is 5.75 Å². The standard InChI is InChI=1S/C31H43N2O2S.BrH/c1-3-4-5-6-7-8-9-10-11-12-21-35-31-15-13-14-29(23-31)25-33(27(2)34)30-18-16-28(17-19-30)24-32-20-22-36-26-32;/h13-20,22-23,26H,3-12,21,24-25H2,1-2H3;1H/q+1;/p-1. The van der Waals surface area contributed by atoms with Gasteiger partial charge in [0.2, 0.25) is 11.4 Å². The molecule has 0 unspecified atom stereocenters. The number of aromatic nitrogens is 1. The van der Waals surface area contributed by atoms with Crippen molar-refractivity contribution in [3.8, 4) is 5.75 Å². The summed E-state index contributed by atoms with van der Waals surface area (Å²) in [6.45, 7) is 6.01. The minimum atomic E-state index is 0.